The van der Waals surface area contributed by atoms with Crippen molar-refractivity contribution in [2.24, 2.45) is 0 Å². The monoisotopic (exact) mass is 343 g/mol. The Bertz CT molecular complexity index is 690. The summed E-state index contributed by atoms with van der Waals surface area (Å²) < 4.78 is 12.9. The van der Waals surface area contributed by atoms with Crippen molar-refractivity contribution >= 4 is 11.9 Å². The van der Waals surface area contributed by atoms with Gasteiger partial charge in [-0.2, -0.15) is 0 Å². The van der Waals surface area contributed by atoms with E-state index in [0.29, 0.717) is 6.54 Å². The predicted molar refractivity (Wildman–Crippen MR) is 94.3 cm³/mol. The number of hydrogen-bond donors (Lipinski definition) is 3. The Morgan fingerprint density at radius 1 is 1.00 bits per heavy atom. The van der Waals surface area contributed by atoms with E-state index in [1.54, 1.807) is 12.1 Å². The zero-order valence-corrected chi connectivity index (χ0v) is 14.1. The quantitative estimate of drug-likeness (QED) is 0.723. The molecule has 2 rings (SSSR count). The molecule has 3 amide bonds. The van der Waals surface area contributed by atoms with Crippen LogP contribution in [0.15, 0.2) is 54.6 Å². The Kier molecular flexibility index (Phi) is 6.95. The van der Waals surface area contributed by atoms with Gasteiger partial charge in [-0.05, 0) is 30.2 Å². The number of amides is 3. The van der Waals surface area contributed by atoms with Gasteiger partial charge < -0.3 is 16.0 Å². The molecule has 6 heteroatoms. The van der Waals surface area contributed by atoms with Crippen LogP contribution in [0.2, 0.25) is 0 Å². The van der Waals surface area contributed by atoms with Crippen molar-refractivity contribution in [1.82, 2.24) is 16.0 Å². The van der Waals surface area contributed by atoms with E-state index < -0.39 is 0 Å². The molecule has 25 heavy (non-hydrogen) atoms. The summed E-state index contributed by atoms with van der Waals surface area (Å²) in [5.41, 5.74) is 1.83. The van der Waals surface area contributed by atoms with E-state index in [4.69, 9.17) is 0 Å². The van der Waals surface area contributed by atoms with Gasteiger partial charge in [0.2, 0.25) is 5.91 Å². The second-order valence-electron chi connectivity index (χ2n) is 5.69. The lowest BCUT2D eigenvalue weighted by atomic mass is 10.1. The summed E-state index contributed by atoms with van der Waals surface area (Å²) in [6.07, 6.45) is 0.171. The molecular formula is C19H22FN3O2. The minimum Gasteiger partial charge on any atom is -0.350 e. The van der Waals surface area contributed by atoms with Crippen LogP contribution in [0.5, 0.6) is 0 Å². The first-order chi connectivity index (χ1) is 12.0. The first-order valence-corrected chi connectivity index (χ1v) is 8.15. The molecule has 0 aliphatic carbocycles. The molecule has 0 aliphatic heterocycles. The third-order valence-electron chi connectivity index (χ3n) is 3.68. The van der Waals surface area contributed by atoms with Gasteiger partial charge in [0.25, 0.3) is 0 Å². The Morgan fingerprint density at radius 3 is 2.36 bits per heavy atom. The molecule has 3 N–H and O–H groups in total. The summed E-state index contributed by atoms with van der Waals surface area (Å²) in [6, 6.07) is 15.0. The van der Waals surface area contributed by atoms with Crippen molar-refractivity contribution in [3.63, 3.8) is 0 Å². The highest BCUT2D eigenvalue weighted by atomic mass is 19.1. The number of carbonyl (C=O) groups is 2. The summed E-state index contributed by atoms with van der Waals surface area (Å²) in [5, 5.41) is 8.19. The van der Waals surface area contributed by atoms with Gasteiger partial charge >= 0.3 is 6.03 Å². The number of benzene rings is 2. The van der Waals surface area contributed by atoms with Crippen molar-refractivity contribution < 1.29 is 14.0 Å². The topological polar surface area (TPSA) is 70.2 Å². The van der Waals surface area contributed by atoms with Crippen LogP contribution in [0.25, 0.3) is 0 Å². The summed E-state index contributed by atoms with van der Waals surface area (Å²) in [4.78, 5) is 23.6. The molecule has 0 bridgehead atoms. The number of nitrogens with one attached hydrogen (secondary N) is 3. The molecule has 0 heterocycles. The fourth-order valence-electron chi connectivity index (χ4n) is 2.28. The number of urea groups is 1. The standard InChI is InChI=1S/C19H22FN3O2/c1-14(16-7-9-17(20)10-8-16)23-18(24)11-12-21-19(25)22-13-15-5-3-2-4-6-15/h2-10,14H,11-13H2,1H3,(H,23,24)(H2,21,22,25)/t14-/m0/s1. The maximum atomic E-state index is 12.9. The van der Waals surface area contributed by atoms with Crippen LogP contribution in [-0.4, -0.2) is 18.5 Å². The molecule has 1 atom stereocenters. The normalized spacial score (nSPS) is 11.4. The smallest absolute Gasteiger partial charge is 0.315 e. The Morgan fingerprint density at radius 2 is 1.68 bits per heavy atom. The van der Waals surface area contributed by atoms with Gasteiger partial charge in [0.1, 0.15) is 5.82 Å². The molecule has 0 radical (unpaired) electrons. The molecule has 2 aromatic rings. The highest BCUT2D eigenvalue weighted by molar-refractivity contribution is 5.78. The molecule has 5 nitrogen and oxygen atoms in total. The van der Waals surface area contributed by atoms with Gasteiger partial charge in [-0.15, -0.1) is 0 Å². The minimum atomic E-state index is -0.316. The summed E-state index contributed by atoms with van der Waals surface area (Å²) in [7, 11) is 0. The third kappa shape index (κ3) is 6.63. The highest BCUT2D eigenvalue weighted by Gasteiger charge is 2.10. The number of carbonyl (C=O) groups excluding carboxylic acids is 2. The number of rotatable bonds is 7. The van der Waals surface area contributed by atoms with Crippen LogP contribution in [0.4, 0.5) is 9.18 Å². The van der Waals surface area contributed by atoms with Crippen molar-refractivity contribution in [3.05, 3.63) is 71.5 Å². The SMILES string of the molecule is C[C@H](NC(=O)CCNC(=O)NCc1ccccc1)c1ccc(F)cc1. The van der Waals surface area contributed by atoms with Gasteiger partial charge in [0.15, 0.2) is 0 Å². The van der Waals surface area contributed by atoms with E-state index in [2.05, 4.69) is 16.0 Å². The lowest BCUT2D eigenvalue weighted by Gasteiger charge is -2.14. The van der Waals surface area contributed by atoms with E-state index in [0.717, 1.165) is 11.1 Å². The van der Waals surface area contributed by atoms with E-state index in [1.165, 1.54) is 12.1 Å². The van der Waals surface area contributed by atoms with Gasteiger partial charge in [-0.25, -0.2) is 9.18 Å². The molecule has 0 spiro atoms. The Labute approximate surface area is 146 Å². The van der Waals surface area contributed by atoms with Crippen LogP contribution in [0.3, 0.4) is 0 Å². The van der Waals surface area contributed by atoms with Crippen LogP contribution < -0.4 is 16.0 Å². The fraction of sp³-hybridized carbons (Fsp3) is 0.263. The fourth-order valence-corrected chi connectivity index (χ4v) is 2.28. The van der Waals surface area contributed by atoms with Crippen molar-refractivity contribution in [1.29, 1.82) is 0 Å². The van der Waals surface area contributed by atoms with Crippen LogP contribution >= 0.6 is 0 Å². The first-order valence-electron chi connectivity index (χ1n) is 8.15. The van der Waals surface area contributed by atoms with Crippen LogP contribution in [0.1, 0.15) is 30.5 Å². The van der Waals surface area contributed by atoms with E-state index in [1.807, 2.05) is 37.3 Å². The minimum absolute atomic E-state index is 0.171. The molecule has 0 saturated carbocycles. The first kappa shape index (κ1) is 18.4. The molecule has 0 saturated heterocycles. The molecule has 0 aromatic heterocycles. The summed E-state index contributed by atoms with van der Waals surface area (Å²) >= 11 is 0. The summed E-state index contributed by atoms with van der Waals surface area (Å²) in [5.74, 6) is -0.492. The van der Waals surface area contributed by atoms with Gasteiger partial charge in [-0.3, -0.25) is 4.79 Å². The Balaban J connectivity index is 1.64. The van der Waals surface area contributed by atoms with Gasteiger partial charge in [0.05, 0.1) is 6.04 Å². The van der Waals surface area contributed by atoms with Crippen molar-refractivity contribution in [2.45, 2.75) is 25.9 Å². The molecular weight excluding hydrogens is 321 g/mol. The molecule has 0 aliphatic rings. The van der Waals surface area contributed by atoms with Crippen LogP contribution in [0, 0.1) is 5.82 Å². The van der Waals surface area contributed by atoms with Gasteiger partial charge in [0, 0.05) is 19.5 Å². The van der Waals surface area contributed by atoms with E-state index in [-0.39, 0.29) is 36.8 Å². The van der Waals surface area contributed by atoms with E-state index >= 15 is 0 Å². The zero-order chi connectivity index (χ0) is 18.1. The third-order valence-corrected chi connectivity index (χ3v) is 3.68. The highest BCUT2D eigenvalue weighted by Crippen LogP contribution is 2.12. The predicted octanol–water partition coefficient (Wildman–Crippen LogP) is 2.89. The average molecular weight is 343 g/mol. The number of halogens is 1. The van der Waals surface area contributed by atoms with Gasteiger partial charge in [-0.1, -0.05) is 42.5 Å². The zero-order valence-electron chi connectivity index (χ0n) is 14.1. The molecule has 0 fully saturated rings. The number of hydrogen-bond acceptors (Lipinski definition) is 2. The lowest BCUT2D eigenvalue weighted by molar-refractivity contribution is -0.121. The molecule has 132 valence electrons. The van der Waals surface area contributed by atoms with Crippen LogP contribution in [-0.2, 0) is 11.3 Å². The lowest BCUT2D eigenvalue weighted by Crippen LogP contribution is -2.37. The maximum Gasteiger partial charge on any atom is 0.315 e. The second-order valence-corrected chi connectivity index (χ2v) is 5.69. The average Bonchev–Trinajstić information content (AvgIpc) is 2.61. The van der Waals surface area contributed by atoms with Crippen molar-refractivity contribution in [2.75, 3.05) is 6.54 Å². The van der Waals surface area contributed by atoms with Crippen molar-refractivity contribution in [3.8, 4) is 0 Å². The Hall–Kier alpha value is -2.89. The molecule has 0 unspecified atom stereocenters. The summed E-state index contributed by atoms with van der Waals surface area (Å²) in [6.45, 7) is 2.49. The van der Waals surface area contributed by atoms with E-state index in [9.17, 15) is 14.0 Å². The maximum absolute atomic E-state index is 12.9. The largest absolute Gasteiger partial charge is 0.350 e. The molecule has 2 aromatic carbocycles. The second kappa shape index (κ2) is 9.42.